The molecule has 1 fully saturated rings. The second-order valence-corrected chi connectivity index (χ2v) is 7.95. The molecule has 0 bridgehead atoms. The second-order valence-electron chi connectivity index (χ2n) is 7.95. The highest BCUT2D eigenvalue weighted by atomic mass is 16.5. The molecule has 0 aliphatic carbocycles. The lowest BCUT2D eigenvalue weighted by Gasteiger charge is -2.34. The molecule has 6 heteroatoms. The summed E-state index contributed by atoms with van der Waals surface area (Å²) in [6.07, 6.45) is 3.60. The number of nitrogens with zero attached hydrogens (tertiary/aromatic N) is 2. The average Bonchev–Trinajstić information content (AvgIpc) is 2.82. The molecule has 1 amide bonds. The van der Waals surface area contributed by atoms with Gasteiger partial charge >= 0.3 is 0 Å². The molecule has 166 valence electrons. The summed E-state index contributed by atoms with van der Waals surface area (Å²) in [5.41, 5.74) is 2.43. The van der Waals surface area contributed by atoms with E-state index in [4.69, 9.17) is 4.74 Å². The van der Waals surface area contributed by atoms with Crippen LogP contribution in [0.1, 0.15) is 30.4 Å². The maximum absolute atomic E-state index is 11.6. The van der Waals surface area contributed by atoms with E-state index in [2.05, 4.69) is 44.8 Å². The maximum atomic E-state index is 11.6. The average molecular weight is 423 g/mol. The third-order valence-electron chi connectivity index (χ3n) is 5.75. The zero-order valence-corrected chi connectivity index (χ0v) is 18.6. The number of nitrogens with one attached hydrogen (secondary N) is 2. The van der Waals surface area contributed by atoms with Gasteiger partial charge in [-0.25, -0.2) is 0 Å². The summed E-state index contributed by atoms with van der Waals surface area (Å²) < 4.78 is 5.86. The number of aliphatic imine (C=N–C) groups is 1. The van der Waals surface area contributed by atoms with Gasteiger partial charge in [0.05, 0.1) is 0 Å². The van der Waals surface area contributed by atoms with Crippen molar-refractivity contribution in [1.82, 2.24) is 15.5 Å². The Labute approximate surface area is 185 Å². The molecule has 0 atom stereocenters. The van der Waals surface area contributed by atoms with Crippen molar-refractivity contribution in [2.75, 3.05) is 33.7 Å². The molecular weight excluding hydrogens is 388 g/mol. The van der Waals surface area contributed by atoms with Gasteiger partial charge in [0.1, 0.15) is 12.4 Å². The van der Waals surface area contributed by atoms with Crippen molar-refractivity contribution in [1.29, 1.82) is 0 Å². The van der Waals surface area contributed by atoms with Gasteiger partial charge in [-0.15, -0.1) is 0 Å². The lowest BCUT2D eigenvalue weighted by atomic mass is 9.93. The van der Waals surface area contributed by atoms with E-state index in [0.717, 1.165) is 50.6 Å². The van der Waals surface area contributed by atoms with Crippen LogP contribution in [0.4, 0.5) is 0 Å². The van der Waals surface area contributed by atoms with Gasteiger partial charge in [-0.3, -0.25) is 9.79 Å². The van der Waals surface area contributed by atoms with Crippen molar-refractivity contribution < 1.29 is 9.53 Å². The zero-order valence-electron chi connectivity index (χ0n) is 18.6. The monoisotopic (exact) mass is 422 g/mol. The maximum Gasteiger partial charge on any atom is 0.220 e. The van der Waals surface area contributed by atoms with Crippen LogP contribution in [-0.4, -0.2) is 50.5 Å². The standard InChI is InChI=1S/C25H34N4O2/c1-26-24(30)18-21-13-16-29(17-14-21)25(27-2)28-15-12-20-8-10-23(11-9-20)31-19-22-6-4-3-5-7-22/h3-11,21H,12-19H2,1-2H3,(H,26,30)(H,27,28). The van der Waals surface area contributed by atoms with Crippen molar-refractivity contribution in [3.63, 3.8) is 0 Å². The third-order valence-corrected chi connectivity index (χ3v) is 5.75. The fourth-order valence-electron chi connectivity index (χ4n) is 3.86. The number of hydrogen-bond donors (Lipinski definition) is 2. The van der Waals surface area contributed by atoms with Crippen LogP contribution in [0, 0.1) is 5.92 Å². The Balaban J connectivity index is 1.38. The Kier molecular flexibility index (Phi) is 8.76. The summed E-state index contributed by atoms with van der Waals surface area (Å²) in [4.78, 5) is 18.3. The Morgan fingerprint density at radius 1 is 1.06 bits per heavy atom. The lowest BCUT2D eigenvalue weighted by Crippen LogP contribution is -2.46. The highest BCUT2D eigenvalue weighted by molar-refractivity contribution is 5.80. The number of likely N-dealkylation sites (tertiary alicyclic amines) is 1. The molecule has 1 aliphatic heterocycles. The predicted molar refractivity (Wildman–Crippen MR) is 125 cm³/mol. The molecule has 1 saturated heterocycles. The number of ether oxygens (including phenoxy) is 1. The van der Waals surface area contributed by atoms with E-state index in [9.17, 15) is 4.79 Å². The number of piperidine rings is 1. The van der Waals surface area contributed by atoms with Crippen molar-refractivity contribution in [2.24, 2.45) is 10.9 Å². The Morgan fingerprint density at radius 3 is 2.42 bits per heavy atom. The largest absolute Gasteiger partial charge is 0.489 e. The van der Waals surface area contributed by atoms with E-state index in [1.54, 1.807) is 7.05 Å². The number of guanidine groups is 1. The first kappa shape index (κ1) is 22.7. The van der Waals surface area contributed by atoms with Crippen LogP contribution >= 0.6 is 0 Å². The minimum atomic E-state index is 0.137. The summed E-state index contributed by atoms with van der Waals surface area (Å²) in [6.45, 7) is 3.29. The molecule has 0 aromatic heterocycles. The first-order valence-corrected chi connectivity index (χ1v) is 11.1. The van der Waals surface area contributed by atoms with Crippen LogP contribution in [0.15, 0.2) is 59.6 Å². The SMILES string of the molecule is CN=C(NCCc1ccc(OCc2ccccc2)cc1)N1CCC(CC(=O)NC)CC1. The van der Waals surface area contributed by atoms with E-state index in [-0.39, 0.29) is 5.91 Å². The molecule has 0 saturated carbocycles. The summed E-state index contributed by atoms with van der Waals surface area (Å²) in [7, 11) is 3.53. The molecule has 3 rings (SSSR count). The highest BCUT2D eigenvalue weighted by Gasteiger charge is 2.22. The number of benzene rings is 2. The molecule has 1 heterocycles. The highest BCUT2D eigenvalue weighted by Crippen LogP contribution is 2.20. The second kappa shape index (κ2) is 12.0. The first-order valence-electron chi connectivity index (χ1n) is 11.1. The van der Waals surface area contributed by atoms with Crippen molar-refractivity contribution in [3.05, 3.63) is 65.7 Å². The predicted octanol–water partition coefficient (Wildman–Crippen LogP) is 3.23. The normalized spacial score (nSPS) is 14.9. The summed E-state index contributed by atoms with van der Waals surface area (Å²) in [5.74, 6) is 2.44. The van der Waals surface area contributed by atoms with Gasteiger partial charge < -0.3 is 20.3 Å². The molecule has 0 unspecified atom stereocenters. The van der Waals surface area contributed by atoms with Crippen LogP contribution in [0.5, 0.6) is 5.75 Å². The van der Waals surface area contributed by atoms with Crippen LogP contribution in [0.3, 0.4) is 0 Å². The Morgan fingerprint density at radius 2 is 1.77 bits per heavy atom. The lowest BCUT2D eigenvalue weighted by molar-refractivity contribution is -0.121. The van der Waals surface area contributed by atoms with Crippen LogP contribution in [0.25, 0.3) is 0 Å². The van der Waals surface area contributed by atoms with Crippen LogP contribution < -0.4 is 15.4 Å². The molecule has 2 N–H and O–H groups in total. The van der Waals surface area contributed by atoms with E-state index in [1.807, 2.05) is 37.4 Å². The minimum absolute atomic E-state index is 0.137. The van der Waals surface area contributed by atoms with Crippen molar-refractivity contribution in [3.8, 4) is 5.75 Å². The van der Waals surface area contributed by atoms with Gasteiger partial charge in [0.25, 0.3) is 0 Å². The smallest absolute Gasteiger partial charge is 0.220 e. The van der Waals surface area contributed by atoms with Crippen molar-refractivity contribution >= 4 is 11.9 Å². The number of amides is 1. The zero-order chi connectivity index (χ0) is 21.9. The minimum Gasteiger partial charge on any atom is -0.489 e. The van der Waals surface area contributed by atoms with Gasteiger partial charge in [-0.2, -0.15) is 0 Å². The number of carbonyl (C=O) groups excluding carboxylic acids is 1. The number of hydrogen-bond acceptors (Lipinski definition) is 3. The van der Waals surface area contributed by atoms with Gasteiger partial charge in [-0.05, 0) is 48.4 Å². The molecule has 1 aliphatic rings. The van der Waals surface area contributed by atoms with E-state index >= 15 is 0 Å². The fourth-order valence-corrected chi connectivity index (χ4v) is 3.86. The quantitative estimate of drug-likeness (QED) is 0.506. The molecule has 2 aromatic rings. The molecule has 0 radical (unpaired) electrons. The van der Waals surface area contributed by atoms with Crippen LogP contribution in [-0.2, 0) is 17.8 Å². The third kappa shape index (κ3) is 7.31. The Hall–Kier alpha value is -3.02. The Bertz CT molecular complexity index is 828. The molecule has 31 heavy (non-hydrogen) atoms. The van der Waals surface area contributed by atoms with Gasteiger partial charge in [0, 0.05) is 40.2 Å². The van der Waals surface area contributed by atoms with Crippen molar-refractivity contribution in [2.45, 2.75) is 32.3 Å². The topological polar surface area (TPSA) is 66.0 Å². The molecular formula is C25H34N4O2. The number of rotatable bonds is 8. The van der Waals surface area contributed by atoms with Gasteiger partial charge in [-0.1, -0.05) is 42.5 Å². The molecule has 2 aromatic carbocycles. The summed E-state index contributed by atoms with van der Waals surface area (Å²) in [6, 6.07) is 18.5. The molecule has 6 nitrogen and oxygen atoms in total. The molecule has 0 spiro atoms. The van der Waals surface area contributed by atoms with Gasteiger partial charge in [0.2, 0.25) is 5.91 Å². The summed E-state index contributed by atoms with van der Waals surface area (Å²) >= 11 is 0. The van der Waals surface area contributed by atoms with E-state index in [0.29, 0.717) is 18.9 Å². The first-order chi connectivity index (χ1) is 15.2. The van der Waals surface area contributed by atoms with Gasteiger partial charge in [0.15, 0.2) is 5.96 Å². The number of carbonyl (C=O) groups is 1. The van der Waals surface area contributed by atoms with E-state index in [1.165, 1.54) is 11.1 Å². The van der Waals surface area contributed by atoms with Crippen LogP contribution in [0.2, 0.25) is 0 Å². The summed E-state index contributed by atoms with van der Waals surface area (Å²) in [5, 5.41) is 6.20. The van der Waals surface area contributed by atoms with E-state index < -0.39 is 0 Å². The fraction of sp³-hybridized carbons (Fsp3) is 0.440.